The molecule has 6 nitrogen and oxygen atoms in total. The lowest BCUT2D eigenvalue weighted by Crippen LogP contribution is -2.30. The predicted molar refractivity (Wildman–Crippen MR) is 533 cm³/mol. The SMILES string of the molecule is c1ccc(-n2c3ccccc3c3ccc(N(c4ccc(-c5ccc(C(c6ccccc6)(c6ccccc6)c6ccccc6)cc5)cc4)c4ccc5oc6ccccc6c5c4)cc32)cc1.c1ccc(-n2c3ccccc3c3ccc(N(c4ccc(-c5ccc(C(c6ccccc6)(c6ccccc6)c6ccccc6)cc5)cc4)c4cccc5oc6ccccc6c45)cc32)cc1. The van der Waals surface area contributed by atoms with E-state index in [0.29, 0.717) is 0 Å². The fourth-order valence-corrected chi connectivity index (χ4v) is 20.1. The maximum Gasteiger partial charge on any atom is 0.137 e. The van der Waals surface area contributed by atoms with Crippen LogP contribution in [0.5, 0.6) is 0 Å². The second-order valence-electron chi connectivity index (χ2n) is 32.9. The highest BCUT2D eigenvalue weighted by Gasteiger charge is 2.40. The molecular weight excluding hydrogens is 1550 g/mol. The molecule has 0 aliphatic carbocycles. The van der Waals surface area contributed by atoms with E-state index in [-0.39, 0.29) is 0 Å². The van der Waals surface area contributed by atoms with Crippen molar-refractivity contribution >= 4 is 122 Å². The van der Waals surface area contributed by atoms with E-state index in [1.54, 1.807) is 0 Å². The van der Waals surface area contributed by atoms with Crippen LogP contribution >= 0.6 is 0 Å². The van der Waals surface area contributed by atoms with Crippen LogP contribution in [0.4, 0.5) is 34.1 Å². The third kappa shape index (κ3) is 13.1. The van der Waals surface area contributed by atoms with Gasteiger partial charge in [-0.25, -0.2) is 0 Å². The first-order valence-corrected chi connectivity index (χ1v) is 43.8. The molecule has 0 saturated carbocycles. The van der Waals surface area contributed by atoms with Crippen LogP contribution < -0.4 is 9.80 Å². The lowest BCUT2D eigenvalue weighted by molar-refractivity contribution is 0.668. The van der Waals surface area contributed by atoms with Gasteiger partial charge in [0.25, 0.3) is 0 Å². The molecule has 4 heterocycles. The highest BCUT2D eigenvalue weighted by Crippen LogP contribution is 2.51. The van der Waals surface area contributed by atoms with E-state index in [9.17, 15) is 0 Å². The first kappa shape index (κ1) is 76.1. The number of aromatic nitrogens is 2. The van der Waals surface area contributed by atoms with Crippen molar-refractivity contribution in [3.8, 4) is 33.6 Å². The van der Waals surface area contributed by atoms with Crippen LogP contribution in [-0.2, 0) is 10.8 Å². The Labute approximate surface area is 742 Å². The first-order chi connectivity index (χ1) is 63.5. The fraction of sp³-hybridized carbons (Fsp3) is 0.0164. The van der Waals surface area contributed by atoms with Crippen LogP contribution in [0.15, 0.2) is 518 Å². The van der Waals surface area contributed by atoms with Gasteiger partial charge in [-0.15, -0.1) is 0 Å². The smallest absolute Gasteiger partial charge is 0.137 e. The Bertz CT molecular complexity index is 7920. The van der Waals surface area contributed by atoms with Crippen molar-refractivity contribution in [1.29, 1.82) is 0 Å². The summed E-state index contributed by atoms with van der Waals surface area (Å²) in [6, 6.07) is 184. The molecule has 0 bridgehead atoms. The summed E-state index contributed by atoms with van der Waals surface area (Å²) in [6.45, 7) is 0. The molecule has 0 atom stereocenters. The number of hydrogen-bond donors (Lipinski definition) is 0. The maximum atomic E-state index is 6.47. The molecule has 24 rings (SSSR count). The standard InChI is InChI=1S/2C61H42N2O/c1-5-18-45(19-6-1)61(46-20-7-2-8-21-46,47-22-9-3-10-23-47)48-36-32-43(33-37-48)44-34-38-50(39-35-44)62(56-29-17-31-59-60(56)54-27-14-16-30-58(54)64-59)51-40-41-53-52-26-13-15-28-55(52)63(57(53)42-51)49-24-11-4-12-25-49;1-5-17-45(18-6-1)61(46-19-7-2-8-20-46,47-21-9-3-10-22-47)48-33-29-43(30-34-48)44-31-35-50(36-32-44)62(51-38-40-60-56(41-51)55-26-14-16-28-59(55)64-60)52-37-39-54-53-25-13-15-27-57(53)63(58(54)42-52)49-23-11-4-12-24-49/h2*1-42H. The van der Waals surface area contributed by atoms with Gasteiger partial charge in [0.1, 0.15) is 22.3 Å². The fourth-order valence-electron chi connectivity index (χ4n) is 20.1. The number of hydrogen-bond acceptors (Lipinski definition) is 4. The Morgan fingerprint density at radius 3 is 0.875 bits per heavy atom. The molecule has 0 aliphatic heterocycles. The van der Waals surface area contributed by atoms with Gasteiger partial charge in [0.2, 0.25) is 0 Å². The second kappa shape index (κ2) is 32.5. The van der Waals surface area contributed by atoms with Gasteiger partial charge in [-0.3, -0.25) is 0 Å². The number of furan rings is 2. The van der Waals surface area contributed by atoms with E-state index in [1.807, 2.05) is 18.2 Å². The second-order valence-corrected chi connectivity index (χ2v) is 32.9. The Hall–Kier alpha value is -16.8. The number of fused-ring (bicyclic) bond motifs is 12. The summed E-state index contributed by atoms with van der Waals surface area (Å²) >= 11 is 0. The molecule has 0 radical (unpaired) electrons. The van der Waals surface area contributed by atoms with Crippen molar-refractivity contribution in [2.45, 2.75) is 10.8 Å². The summed E-state index contributed by atoms with van der Waals surface area (Å²) in [7, 11) is 0. The van der Waals surface area contributed by atoms with Crippen molar-refractivity contribution in [2.75, 3.05) is 9.80 Å². The molecule has 604 valence electrons. The van der Waals surface area contributed by atoms with Crippen LogP contribution in [-0.4, -0.2) is 9.13 Å². The number of nitrogens with zero attached hydrogens (tertiary/aromatic N) is 4. The Morgan fingerprint density at radius 2 is 0.453 bits per heavy atom. The van der Waals surface area contributed by atoms with Crippen LogP contribution in [0, 0.1) is 0 Å². The molecule has 20 aromatic carbocycles. The molecule has 0 spiro atoms. The van der Waals surface area contributed by atoms with Crippen LogP contribution in [0.1, 0.15) is 44.5 Å². The van der Waals surface area contributed by atoms with Crippen molar-refractivity contribution in [2.24, 2.45) is 0 Å². The number of para-hydroxylation sites is 6. The molecule has 4 aromatic heterocycles. The van der Waals surface area contributed by atoms with Gasteiger partial charge < -0.3 is 27.8 Å². The Morgan fingerprint density at radius 1 is 0.172 bits per heavy atom. The minimum Gasteiger partial charge on any atom is -0.456 e. The van der Waals surface area contributed by atoms with E-state index in [4.69, 9.17) is 8.83 Å². The summed E-state index contributed by atoms with van der Waals surface area (Å²) in [5.41, 5.74) is 30.2. The molecule has 0 amide bonds. The lowest BCUT2D eigenvalue weighted by atomic mass is 9.65. The first-order valence-electron chi connectivity index (χ1n) is 43.8. The quantitative estimate of drug-likeness (QED) is 0.0803. The normalized spacial score (nSPS) is 11.8. The van der Waals surface area contributed by atoms with Crippen molar-refractivity contribution < 1.29 is 8.83 Å². The van der Waals surface area contributed by atoms with E-state index in [1.165, 1.54) is 77.1 Å². The summed E-state index contributed by atoms with van der Waals surface area (Å²) in [4.78, 5) is 4.76. The van der Waals surface area contributed by atoms with Crippen LogP contribution in [0.25, 0.3) is 121 Å². The topological polar surface area (TPSA) is 42.6 Å². The minimum absolute atomic E-state index is 0.499. The van der Waals surface area contributed by atoms with Gasteiger partial charge in [-0.1, -0.05) is 382 Å². The summed E-state index contributed by atoms with van der Waals surface area (Å²) in [5, 5.41) is 9.26. The molecule has 0 N–H and O–H groups in total. The molecule has 128 heavy (non-hydrogen) atoms. The van der Waals surface area contributed by atoms with E-state index >= 15 is 0 Å². The van der Waals surface area contributed by atoms with Crippen LogP contribution in [0.3, 0.4) is 0 Å². The van der Waals surface area contributed by atoms with Gasteiger partial charge in [0.15, 0.2) is 0 Å². The number of anilines is 6. The Kier molecular flexibility index (Phi) is 19.3. The molecule has 0 aliphatic rings. The van der Waals surface area contributed by atoms with Crippen molar-refractivity contribution in [3.05, 3.63) is 554 Å². The molecular formula is C122H84N4O2. The highest BCUT2D eigenvalue weighted by atomic mass is 16.3. The van der Waals surface area contributed by atoms with Gasteiger partial charge >= 0.3 is 0 Å². The number of rotatable bonds is 18. The summed E-state index contributed by atoms with van der Waals surface area (Å²) < 4.78 is 17.5. The average molecular weight is 1640 g/mol. The van der Waals surface area contributed by atoms with Gasteiger partial charge in [0.05, 0.1) is 44.0 Å². The van der Waals surface area contributed by atoms with E-state index < -0.39 is 10.8 Å². The maximum absolute atomic E-state index is 6.47. The Balaban J connectivity index is 0.000000146. The molecule has 24 aromatic rings. The summed E-state index contributed by atoms with van der Waals surface area (Å²) in [5.74, 6) is 0. The summed E-state index contributed by atoms with van der Waals surface area (Å²) in [6.07, 6.45) is 0. The third-order valence-electron chi connectivity index (χ3n) is 25.9. The zero-order valence-corrected chi connectivity index (χ0v) is 70.1. The van der Waals surface area contributed by atoms with E-state index in [2.05, 4.69) is 510 Å². The molecule has 6 heteroatoms. The van der Waals surface area contributed by atoms with Gasteiger partial charge in [-0.05, 0) is 194 Å². The zero-order valence-electron chi connectivity index (χ0n) is 70.1. The molecule has 0 saturated heterocycles. The molecule has 0 fully saturated rings. The zero-order chi connectivity index (χ0) is 84.9. The lowest BCUT2D eigenvalue weighted by Gasteiger charge is -2.37. The van der Waals surface area contributed by atoms with Crippen LogP contribution in [0.2, 0.25) is 0 Å². The monoisotopic (exact) mass is 1640 g/mol. The predicted octanol–water partition coefficient (Wildman–Crippen LogP) is 32.4. The third-order valence-corrected chi connectivity index (χ3v) is 25.9. The number of benzene rings is 20. The van der Waals surface area contributed by atoms with Crippen molar-refractivity contribution in [1.82, 2.24) is 9.13 Å². The largest absolute Gasteiger partial charge is 0.456 e. The van der Waals surface area contributed by atoms with Gasteiger partial charge in [-0.2, -0.15) is 0 Å². The van der Waals surface area contributed by atoms with Crippen molar-refractivity contribution in [3.63, 3.8) is 0 Å². The van der Waals surface area contributed by atoms with E-state index in [0.717, 1.165) is 123 Å². The highest BCUT2D eigenvalue weighted by molar-refractivity contribution is 6.16. The minimum atomic E-state index is -0.502. The van der Waals surface area contributed by atoms with Gasteiger partial charge in [0, 0.05) is 77.5 Å². The molecule has 0 unspecified atom stereocenters. The average Bonchev–Trinajstić information content (AvgIpc) is 1.17.